The Balaban J connectivity index is 1.53. The molecule has 9 heteroatoms. The van der Waals surface area contributed by atoms with E-state index in [1.807, 2.05) is 6.07 Å². The van der Waals surface area contributed by atoms with Gasteiger partial charge in [0.25, 0.3) is 5.91 Å². The number of halogens is 4. The molecular weight excluding hydrogens is 369 g/mol. The zero-order valence-corrected chi connectivity index (χ0v) is 14.6. The number of amides is 1. The van der Waals surface area contributed by atoms with Crippen LogP contribution in [0.3, 0.4) is 0 Å². The van der Waals surface area contributed by atoms with Crippen LogP contribution in [0.4, 0.5) is 13.2 Å². The largest absolute Gasteiger partial charge is 0.401 e. The topological polar surface area (TPSA) is 61.0 Å². The number of benzene rings is 1. The first-order valence-corrected chi connectivity index (χ1v) is 8.57. The fourth-order valence-corrected chi connectivity index (χ4v) is 3.29. The number of hydrogen-bond donors (Lipinski definition) is 2. The summed E-state index contributed by atoms with van der Waals surface area (Å²) < 4.78 is 37.2. The Hall–Kier alpha value is -2.06. The van der Waals surface area contributed by atoms with Gasteiger partial charge >= 0.3 is 6.18 Å². The highest BCUT2D eigenvalue weighted by molar-refractivity contribution is 6.33. The summed E-state index contributed by atoms with van der Waals surface area (Å²) >= 11 is 6.12. The van der Waals surface area contributed by atoms with Crippen molar-refractivity contribution >= 4 is 17.5 Å². The fraction of sp³-hybridized carbons (Fsp3) is 0.412. The molecule has 140 valence electrons. The van der Waals surface area contributed by atoms with Crippen molar-refractivity contribution in [2.45, 2.75) is 12.6 Å². The number of H-pyrrole nitrogens is 1. The van der Waals surface area contributed by atoms with Crippen molar-refractivity contribution in [2.75, 3.05) is 26.2 Å². The summed E-state index contributed by atoms with van der Waals surface area (Å²) in [7, 11) is 0. The molecule has 0 spiro atoms. The van der Waals surface area contributed by atoms with Crippen molar-refractivity contribution in [1.82, 2.24) is 20.4 Å². The van der Waals surface area contributed by atoms with Crippen LogP contribution in [-0.2, 0) is 0 Å². The lowest BCUT2D eigenvalue weighted by Crippen LogP contribution is -2.34. The summed E-state index contributed by atoms with van der Waals surface area (Å²) in [4.78, 5) is 13.6. The van der Waals surface area contributed by atoms with Crippen LogP contribution in [0.5, 0.6) is 0 Å². The number of nitrogens with zero attached hydrogens (tertiary/aromatic N) is 2. The Morgan fingerprint density at radius 3 is 2.88 bits per heavy atom. The average molecular weight is 387 g/mol. The van der Waals surface area contributed by atoms with E-state index < -0.39 is 12.7 Å². The second-order valence-electron chi connectivity index (χ2n) is 6.36. The molecule has 5 nitrogen and oxygen atoms in total. The first-order chi connectivity index (χ1) is 12.3. The predicted molar refractivity (Wildman–Crippen MR) is 92.0 cm³/mol. The van der Waals surface area contributed by atoms with Gasteiger partial charge in [-0.3, -0.25) is 14.8 Å². The van der Waals surface area contributed by atoms with Gasteiger partial charge in [-0.25, -0.2) is 0 Å². The maximum Gasteiger partial charge on any atom is 0.401 e. The third-order valence-electron chi connectivity index (χ3n) is 4.30. The lowest BCUT2D eigenvalue weighted by molar-refractivity contribution is -0.143. The van der Waals surface area contributed by atoms with Gasteiger partial charge in [-0.2, -0.15) is 18.3 Å². The number of nitrogens with one attached hydrogen (secondary N) is 2. The molecule has 1 aliphatic heterocycles. The molecule has 1 unspecified atom stereocenters. The van der Waals surface area contributed by atoms with Crippen LogP contribution in [0.25, 0.3) is 11.3 Å². The van der Waals surface area contributed by atoms with Gasteiger partial charge in [0.15, 0.2) is 0 Å². The molecule has 1 fully saturated rings. The van der Waals surface area contributed by atoms with Gasteiger partial charge in [0, 0.05) is 18.7 Å². The average Bonchev–Trinajstić information content (AvgIpc) is 3.21. The van der Waals surface area contributed by atoms with E-state index in [2.05, 4.69) is 15.5 Å². The molecule has 0 saturated carbocycles. The Kier molecular flexibility index (Phi) is 5.52. The zero-order valence-electron chi connectivity index (χ0n) is 13.8. The Bertz CT molecular complexity index is 777. The summed E-state index contributed by atoms with van der Waals surface area (Å²) in [5, 5.41) is 10.0. The number of carbonyl (C=O) groups is 1. The zero-order chi connectivity index (χ0) is 18.7. The standard InChI is InChI=1S/C17H18ClF3N4O/c18-13-4-2-1-3-12(13)14-7-15(24-23-14)16(26)22-8-11-5-6-25(9-11)10-17(19,20)21/h1-4,7,11H,5-6,8-10H2,(H,22,26)(H,23,24). The number of rotatable bonds is 5. The Labute approximate surface area is 153 Å². The highest BCUT2D eigenvalue weighted by atomic mass is 35.5. The van der Waals surface area contributed by atoms with E-state index in [1.54, 1.807) is 24.3 Å². The van der Waals surface area contributed by atoms with Gasteiger partial charge in [-0.15, -0.1) is 0 Å². The van der Waals surface area contributed by atoms with Crippen LogP contribution in [-0.4, -0.2) is 53.4 Å². The second kappa shape index (κ2) is 7.67. The second-order valence-corrected chi connectivity index (χ2v) is 6.77. The van der Waals surface area contributed by atoms with E-state index >= 15 is 0 Å². The smallest absolute Gasteiger partial charge is 0.350 e. The molecule has 2 heterocycles. The van der Waals surface area contributed by atoms with Gasteiger partial charge in [-0.1, -0.05) is 29.8 Å². The number of carbonyl (C=O) groups excluding carboxylic acids is 1. The quantitative estimate of drug-likeness (QED) is 0.828. The molecule has 2 N–H and O–H groups in total. The normalized spacial score (nSPS) is 18.2. The van der Waals surface area contributed by atoms with Crippen molar-refractivity contribution in [2.24, 2.45) is 5.92 Å². The molecule has 1 aromatic carbocycles. The SMILES string of the molecule is O=C(NCC1CCN(CC(F)(F)F)C1)c1cc(-c2ccccc2Cl)n[nH]1. The molecule has 26 heavy (non-hydrogen) atoms. The summed E-state index contributed by atoms with van der Waals surface area (Å²) in [5.74, 6) is -0.336. The number of likely N-dealkylation sites (tertiary alicyclic amines) is 1. The fourth-order valence-electron chi connectivity index (χ4n) is 3.05. The van der Waals surface area contributed by atoms with Crippen LogP contribution < -0.4 is 5.32 Å². The lowest BCUT2D eigenvalue weighted by atomic mass is 10.1. The summed E-state index contributed by atoms with van der Waals surface area (Å²) in [6, 6.07) is 8.76. The van der Waals surface area contributed by atoms with E-state index in [9.17, 15) is 18.0 Å². The van der Waals surface area contributed by atoms with Gasteiger partial charge < -0.3 is 5.32 Å². The van der Waals surface area contributed by atoms with Crippen LogP contribution in [0, 0.1) is 5.92 Å². The first-order valence-electron chi connectivity index (χ1n) is 8.19. The molecule has 1 amide bonds. The Morgan fingerprint density at radius 1 is 1.38 bits per heavy atom. The van der Waals surface area contributed by atoms with Crippen LogP contribution in [0.15, 0.2) is 30.3 Å². The number of aromatic amines is 1. The molecule has 1 aliphatic rings. The lowest BCUT2D eigenvalue weighted by Gasteiger charge is -2.17. The molecule has 0 radical (unpaired) electrons. The van der Waals surface area contributed by atoms with Crippen molar-refractivity contribution in [1.29, 1.82) is 0 Å². The van der Waals surface area contributed by atoms with E-state index in [4.69, 9.17) is 11.6 Å². The molecule has 1 aromatic heterocycles. The molecule has 1 atom stereocenters. The summed E-state index contributed by atoms with van der Waals surface area (Å²) in [6.07, 6.45) is -3.56. The molecule has 0 bridgehead atoms. The molecule has 1 saturated heterocycles. The van der Waals surface area contributed by atoms with Crippen molar-refractivity contribution in [3.05, 3.63) is 41.0 Å². The molecule has 2 aromatic rings. The molecular formula is C17H18ClF3N4O. The maximum atomic E-state index is 12.4. The van der Waals surface area contributed by atoms with E-state index in [0.717, 1.165) is 0 Å². The number of hydrogen-bond acceptors (Lipinski definition) is 3. The minimum atomic E-state index is -4.19. The monoisotopic (exact) mass is 386 g/mol. The Morgan fingerprint density at radius 2 is 2.15 bits per heavy atom. The maximum absolute atomic E-state index is 12.4. The molecule has 0 aliphatic carbocycles. The van der Waals surface area contributed by atoms with Gasteiger partial charge in [0.2, 0.25) is 0 Å². The number of alkyl halides is 3. The third kappa shape index (κ3) is 4.76. The molecule has 3 rings (SSSR count). The van der Waals surface area contributed by atoms with E-state index in [0.29, 0.717) is 42.3 Å². The van der Waals surface area contributed by atoms with Crippen LogP contribution >= 0.6 is 11.6 Å². The van der Waals surface area contributed by atoms with Crippen molar-refractivity contribution in [3.63, 3.8) is 0 Å². The highest BCUT2D eigenvalue weighted by Crippen LogP contribution is 2.26. The van der Waals surface area contributed by atoms with Crippen LogP contribution in [0.1, 0.15) is 16.9 Å². The number of aromatic nitrogens is 2. The van der Waals surface area contributed by atoms with E-state index in [1.165, 1.54) is 4.90 Å². The van der Waals surface area contributed by atoms with Gasteiger partial charge in [0.1, 0.15) is 5.69 Å². The minimum Gasteiger partial charge on any atom is -0.350 e. The summed E-state index contributed by atoms with van der Waals surface area (Å²) in [5.41, 5.74) is 1.55. The highest BCUT2D eigenvalue weighted by Gasteiger charge is 2.34. The van der Waals surface area contributed by atoms with Gasteiger partial charge in [0.05, 0.1) is 17.3 Å². The first kappa shape index (κ1) is 18.7. The third-order valence-corrected chi connectivity index (χ3v) is 4.63. The van der Waals surface area contributed by atoms with E-state index in [-0.39, 0.29) is 17.5 Å². The van der Waals surface area contributed by atoms with Crippen LogP contribution in [0.2, 0.25) is 5.02 Å². The summed E-state index contributed by atoms with van der Waals surface area (Å²) in [6.45, 7) is 0.140. The predicted octanol–water partition coefficient (Wildman–Crippen LogP) is 3.34. The van der Waals surface area contributed by atoms with Gasteiger partial charge in [-0.05, 0) is 31.0 Å². The van der Waals surface area contributed by atoms with Crippen molar-refractivity contribution in [3.8, 4) is 11.3 Å². The van der Waals surface area contributed by atoms with Crippen molar-refractivity contribution < 1.29 is 18.0 Å². The minimum absolute atomic E-state index is 0.00672.